The molecule has 1 aliphatic heterocycles. The van der Waals surface area contributed by atoms with Gasteiger partial charge in [0.05, 0.1) is 12.0 Å². The summed E-state index contributed by atoms with van der Waals surface area (Å²) in [6.45, 7) is 3.94. The zero-order chi connectivity index (χ0) is 17.6. The van der Waals surface area contributed by atoms with Crippen molar-refractivity contribution in [2.24, 2.45) is 23.0 Å². The normalized spacial score (nSPS) is 31.5. The molecule has 0 aromatic heterocycles. The van der Waals surface area contributed by atoms with E-state index in [0.29, 0.717) is 27.8 Å². The fraction of sp³-hybridized carbons (Fsp3) is 0.444. The van der Waals surface area contributed by atoms with E-state index in [9.17, 15) is 10.1 Å². The third-order valence-electron chi connectivity index (χ3n) is 4.67. The summed E-state index contributed by atoms with van der Waals surface area (Å²) in [6.07, 6.45) is 1.47. The Hall–Kier alpha value is -1.54. The Labute approximate surface area is 151 Å². The average molecular weight is 365 g/mol. The number of carbonyl (C=O) groups excluding carboxylic acids is 1. The number of Topliss-reactive ketones (excluding diaryl/α,β-unsaturated/α-hetero) is 1. The minimum absolute atomic E-state index is 0.0191. The molecule has 1 aliphatic carbocycles. The number of rotatable bonds is 1. The van der Waals surface area contributed by atoms with Gasteiger partial charge in [-0.15, -0.1) is 0 Å². The van der Waals surface area contributed by atoms with Crippen molar-refractivity contribution in [2.75, 3.05) is 0 Å². The molecule has 126 valence electrons. The molecule has 1 heterocycles. The SMILES string of the molecule is CC1(C)C=C2OC(N)C(C#N)C(c3c(Cl)cccc3Cl)C2C(=O)C1. The number of ketones is 1. The van der Waals surface area contributed by atoms with Crippen LogP contribution in [-0.4, -0.2) is 12.0 Å². The van der Waals surface area contributed by atoms with E-state index < -0.39 is 24.0 Å². The highest BCUT2D eigenvalue weighted by molar-refractivity contribution is 6.36. The zero-order valence-corrected chi connectivity index (χ0v) is 14.9. The highest BCUT2D eigenvalue weighted by atomic mass is 35.5. The summed E-state index contributed by atoms with van der Waals surface area (Å²) >= 11 is 12.7. The van der Waals surface area contributed by atoms with E-state index in [1.165, 1.54) is 0 Å². The first-order chi connectivity index (χ1) is 11.2. The van der Waals surface area contributed by atoms with Crippen LogP contribution in [-0.2, 0) is 9.53 Å². The smallest absolute Gasteiger partial charge is 0.163 e. The van der Waals surface area contributed by atoms with Crippen molar-refractivity contribution in [3.05, 3.63) is 45.6 Å². The van der Waals surface area contributed by atoms with Crippen molar-refractivity contribution < 1.29 is 9.53 Å². The second kappa shape index (κ2) is 6.07. The van der Waals surface area contributed by atoms with E-state index >= 15 is 0 Å². The Morgan fingerprint density at radius 3 is 2.54 bits per heavy atom. The van der Waals surface area contributed by atoms with Crippen LogP contribution in [0, 0.1) is 28.6 Å². The van der Waals surface area contributed by atoms with Crippen LogP contribution in [0.4, 0.5) is 0 Å². The topological polar surface area (TPSA) is 76.1 Å². The maximum absolute atomic E-state index is 12.9. The predicted octanol–water partition coefficient (Wildman–Crippen LogP) is 4.03. The van der Waals surface area contributed by atoms with Crippen molar-refractivity contribution in [1.82, 2.24) is 0 Å². The summed E-state index contributed by atoms with van der Waals surface area (Å²) in [7, 11) is 0. The number of halogens is 2. The summed E-state index contributed by atoms with van der Waals surface area (Å²) in [4.78, 5) is 12.9. The first-order valence-corrected chi connectivity index (χ1v) is 8.52. The Balaban J connectivity index is 2.20. The maximum atomic E-state index is 12.9. The van der Waals surface area contributed by atoms with Crippen LogP contribution >= 0.6 is 23.2 Å². The van der Waals surface area contributed by atoms with E-state index in [2.05, 4.69) is 6.07 Å². The van der Waals surface area contributed by atoms with Gasteiger partial charge in [-0.3, -0.25) is 10.5 Å². The molecule has 0 bridgehead atoms. The Bertz CT molecular complexity index is 747. The number of hydrogen-bond acceptors (Lipinski definition) is 4. The molecule has 1 fully saturated rings. The lowest BCUT2D eigenvalue weighted by atomic mass is 9.66. The Kier molecular flexibility index (Phi) is 4.37. The number of nitriles is 1. The van der Waals surface area contributed by atoms with Gasteiger partial charge in [-0.2, -0.15) is 5.26 Å². The number of hydrogen-bond donors (Lipinski definition) is 1. The quantitative estimate of drug-likeness (QED) is 0.815. The minimum Gasteiger partial charge on any atom is -0.478 e. The molecule has 1 saturated heterocycles. The van der Waals surface area contributed by atoms with Gasteiger partial charge in [-0.25, -0.2) is 0 Å². The third kappa shape index (κ3) is 2.82. The van der Waals surface area contributed by atoms with Crippen LogP contribution in [0.5, 0.6) is 0 Å². The van der Waals surface area contributed by atoms with Crippen molar-refractivity contribution in [3.8, 4) is 6.07 Å². The summed E-state index contributed by atoms with van der Waals surface area (Å²) < 4.78 is 5.74. The van der Waals surface area contributed by atoms with Gasteiger partial charge in [0.1, 0.15) is 17.5 Å². The predicted molar refractivity (Wildman–Crippen MR) is 92.3 cm³/mol. The second-order valence-electron chi connectivity index (χ2n) is 7.05. The lowest BCUT2D eigenvalue weighted by Crippen LogP contribution is -2.48. The highest BCUT2D eigenvalue weighted by Crippen LogP contribution is 2.51. The van der Waals surface area contributed by atoms with E-state index in [4.69, 9.17) is 33.7 Å². The number of ether oxygens (including phenoxy) is 1. The lowest BCUT2D eigenvalue weighted by molar-refractivity contribution is -0.130. The van der Waals surface area contributed by atoms with Crippen LogP contribution in [0.25, 0.3) is 0 Å². The van der Waals surface area contributed by atoms with Crippen LogP contribution in [0.2, 0.25) is 10.0 Å². The van der Waals surface area contributed by atoms with Gasteiger partial charge in [0.25, 0.3) is 0 Å². The molecule has 0 spiro atoms. The first-order valence-electron chi connectivity index (χ1n) is 7.76. The molecule has 0 saturated carbocycles. The number of nitrogens with zero attached hydrogens (tertiary/aromatic N) is 1. The van der Waals surface area contributed by atoms with Gasteiger partial charge < -0.3 is 4.74 Å². The molecule has 4 unspecified atom stereocenters. The fourth-order valence-corrected chi connectivity index (χ4v) is 4.35. The molecule has 2 N–H and O–H groups in total. The van der Waals surface area contributed by atoms with Gasteiger partial charge in [-0.05, 0) is 29.2 Å². The van der Waals surface area contributed by atoms with E-state index in [0.717, 1.165) is 0 Å². The average Bonchev–Trinajstić information content (AvgIpc) is 2.44. The van der Waals surface area contributed by atoms with Crippen molar-refractivity contribution in [2.45, 2.75) is 32.4 Å². The van der Waals surface area contributed by atoms with Crippen LogP contribution in [0.3, 0.4) is 0 Å². The molecular formula is C18H18Cl2N2O2. The molecule has 2 aliphatic rings. The molecule has 0 radical (unpaired) electrons. The third-order valence-corrected chi connectivity index (χ3v) is 5.33. The van der Waals surface area contributed by atoms with Gasteiger partial charge in [0.2, 0.25) is 0 Å². The van der Waals surface area contributed by atoms with Gasteiger partial charge in [0.15, 0.2) is 6.23 Å². The van der Waals surface area contributed by atoms with Crippen molar-refractivity contribution >= 4 is 29.0 Å². The van der Waals surface area contributed by atoms with Gasteiger partial charge in [0, 0.05) is 22.4 Å². The molecule has 4 nitrogen and oxygen atoms in total. The molecule has 24 heavy (non-hydrogen) atoms. The van der Waals surface area contributed by atoms with E-state index in [1.807, 2.05) is 19.9 Å². The number of fused-ring (bicyclic) bond motifs is 1. The molecule has 4 atom stereocenters. The van der Waals surface area contributed by atoms with Crippen LogP contribution in [0.1, 0.15) is 31.7 Å². The zero-order valence-electron chi connectivity index (χ0n) is 13.4. The van der Waals surface area contributed by atoms with Gasteiger partial charge >= 0.3 is 0 Å². The largest absolute Gasteiger partial charge is 0.478 e. The second-order valence-corrected chi connectivity index (χ2v) is 7.87. The standard InChI is InChI=1S/C18H18Cl2N2O2/c1-18(2)6-12(23)16-13(7-18)24-17(22)9(8-21)14(16)15-10(19)4-3-5-11(15)20/h3-5,7,9,14,16-17H,6,22H2,1-2H3. The summed E-state index contributed by atoms with van der Waals surface area (Å²) in [5.74, 6) is -1.27. The van der Waals surface area contributed by atoms with Crippen LogP contribution < -0.4 is 5.73 Å². The Morgan fingerprint density at radius 1 is 1.33 bits per heavy atom. The van der Waals surface area contributed by atoms with Crippen LogP contribution in [0.15, 0.2) is 30.0 Å². The molecule has 1 aromatic rings. The molecule has 6 heteroatoms. The van der Waals surface area contributed by atoms with Crippen molar-refractivity contribution in [3.63, 3.8) is 0 Å². The minimum atomic E-state index is -0.837. The highest BCUT2D eigenvalue weighted by Gasteiger charge is 2.50. The summed E-state index contributed by atoms with van der Waals surface area (Å²) in [5, 5.41) is 10.5. The lowest BCUT2D eigenvalue weighted by Gasteiger charge is -2.44. The molecule has 1 aromatic carbocycles. The molecular weight excluding hydrogens is 347 g/mol. The maximum Gasteiger partial charge on any atom is 0.163 e. The summed E-state index contributed by atoms with van der Waals surface area (Å²) in [5.41, 5.74) is 6.36. The molecule has 0 amide bonds. The molecule has 3 rings (SSSR count). The van der Waals surface area contributed by atoms with E-state index in [-0.39, 0.29) is 11.2 Å². The van der Waals surface area contributed by atoms with Gasteiger partial charge in [-0.1, -0.05) is 43.1 Å². The monoisotopic (exact) mass is 364 g/mol. The van der Waals surface area contributed by atoms with Crippen molar-refractivity contribution in [1.29, 1.82) is 5.26 Å². The first kappa shape index (κ1) is 17.3. The number of nitrogens with two attached hydrogens (primary N) is 1. The number of allylic oxidation sites excluding steroid dienone is 2. The Morgan fingerprint density at radius 2 is 1.96 bits per heavy atom. The number of carbonyl (C=O) groups is 1. The fourth-order valence-electron chi connectivity index (χ4n) is 3.70. The number of benzene rings is 1. The van der Waals surface area contributed by atoms with E-state index in [1.54, 1.807) is 18.2 Å². The summed E-state index contributed by atoms with van der Waals surface area (Å²) in [6, 6.07) is 7.33.